The fourth-order valence-corrected chi connectivity index (χ4v) is 4.57. The Balaban J connectivity index is 3.20. The SMILES string of the molecule is NC[C@@H](C=O)CCCCNC(=O)CCOCCOCCOCCOCCOCCOCCOCCOCCOCCOCCOCCOCCN(CC(=O)O)CC(=O)O. The molecule has 348 valence electrons. The lowest BCUT2D eigenvalue weighted by molar-refractivity contribution is -0.142. The minimum Gasteiger partial charge on any atom is -0.480 e. The normalized spacial score (nSPS) is 12.0. The predicted molar refractivity (Wildman–Crippen MR) is 212 cm³/mol. The van der Waals surface area contributed by atoms with Gasteiger partial charge in [0.1, 0.15) is 6.29 Å². The van der Waals surface area contributed by atoms with Crippen molar-refractivity contribution in [1.29, 1.82) is 0 Å². The molecule has 0 aromatic heterocycles. The number of hydrogen-bond donors (Lipinski definition) is 4. The minimum absolute atomic E-state index is 0.0586. The third kappa shape index (κ3) is 46.4. The standard InChI is InChI=1S/C38H73N3O18/c39-31-35(34-42)3-1-2-5-40-36(43)4-7-48-9-11-50-13-15-52-17-19-54-21-23-56-25-27-58-29-30-59-28-26-57-24-22-55-20-18-53-16-14-51-12-10-49-8-6-41(32-37(44)45)33-38(46)47/h34-35H,1-33,39H2,(H,40,43)(H,44,45)(H,46,47)/t35-/m0/s1. The van der Waals surface area contributed by atoms with Crippen LogP contribution in [0.25, 0.3) is 0 Å². The van der Waals surface area contributed by atoms with Gasteiger partial charge in [-0.15, -0.1) is 0 Å². The minimum atomic E-state index is -1.09. The van der Waals surface area contributed by atoms with Crippen LogP contribution in [0.4, 0.5) is 0 Å². The Morgan fingerprint density at radius 2 is 0.797 bits per heavy atom. The van der Waals surface area contributed by atoms with Gasteiger partial charge in [-0.2, -0.15) is 0 Å². The Kier molecular flexibility index (Phi) is 44.6. The third-order valence-electron chi connectivity index (χ3n) is 7.65. The van der Waals surface area contributed by atoms with Crippen molar-refractivity contribution in [3.63, 3.8) is 0 Å². The van der Waals surface area contributed by atoms with E-state index in [1.54, 1.807) is 0 Å². The first-order valence-corrected chi connectivity index (χ1v) is 20.4. The maximum absolute atomic E-state index is 11.8. The summed E-state index contributed by atoms with van der Waals surface area (Å²) in [6, 6.07) is 0. The highest BCUT2D eigenvalue weighted by Gasteiger charge is 2.13. The number of carbonyl (C=O) groups is 4. The summed E-state index contributed by atoms with van der Waals surface area (Å²) in [4.78, 5) is 45.3. The maximum atomic E-state index is 11.8. The number of nitrogens with zero attached hydrogens (tertiary/aromatic N) is 1. The first-order valence-electron chi connectivity index (χ1n) is 20.4. The number of carboxylic acids is 2. The molecule has 0 heterocycles. The summed E-state index contributed by atoms with van der Waals surface area (Å²) in [5.41, 5.74) is 5.49. The summed E-state index contributed by atoms with van der Waals surface area (Å²) >= 11 is 0. The third-order valence-corrected chi connectivity index (χ3v) is 7.65. The van der Waals surface area contributed by atoms with Gasteiger partial charge in [0.15, 0.2) is 0 Å². The first kappa shape index (κ1) is 56.5. The van der Waals surface area contributed by atoms with Crippen molar-refractivity contribution in [2.75, 3.05) is 191 Å². The highest BCUT2D eigenvalue weighted by atomic mass is 16.6. The van der Waals surface area contributed by atoms with E-state index >= 15 is 0 Å². The number of hydrogen-bond acceptors (Lipinski definition) is 18. The van der Waals surface area contributed by atoms with E-state index in [0.29, 0.717) is 171 Å². The van der Waals surface area contributed by atoms with Gasteiger partial charge in [-0.05, 0) is 12.8 Å². The van der Waals surface area contributed by atoms with Crippen LogP contribution >= 0.6 is 0 Å². The quantitative estimate of drug-likeness (QED) is 0.0427. The van der Waals surface area contributed by atoms with Gasteiger partial charge in [0, 0.05) is 32.0 Å². The molecule has 0 aliphatic rings. The summed E-state index contributed by atoms with van der Waals surface area (Å²) in [5.74, 6) is -2.34. The second-order valence-electron chi connectivity index (χ2n) is 12.6. The van der Waals surface area contributed by atoms with Crippen LogP contribution in [0.1, 0.15) is 25.7 Å². The average Bonchev–Trinajstić information content (AvgIpc) is 3.21. The van der Waals surface area contributed by atoms with E-state index in [2.05, 4.69) is 5.32 Å². The molecule has 0 spiro atoms. The molecule has 59 heavy (non-hydrogen) atoms. The molecule has 0 aromatic rings. The number of nitrogens with one attached hydrogen (secondary N) is 1. The van der Waals surface area contributed by atoms with Gasteiger partial charge in [-0.25, -0.2) is 0 Å². The van der Waals surface area contributed by atoms with E-state index < -0.39 is 11.9 Å². The number of rotatable bonds is 50. The molecule has 0 bridgehead atoms. The highest BCUT2D eigenvalue weighted by molar-refractivity contribution is 5.75. The summed E-state index contributed by atoms with van der Waals surface area (Å²) in [5, 5.41) is 20.5. The van der Waals surface area contributed by atoms with Gasteiger partial charge in [0.05, 0.1) is 172 Å². The average molecular weight is 860 g/mol. The number of unbranched alkanes of at least 4 members (excludes halogenated alkanes) is 1. The second-order valence-corrected chi connectivity index (χ2v) is 12.6. The van der Waals surface area contributed by atoms with Crippen LogP contribution < -0.4 is 11.1 Å². The van der Waals surface area contributed by atoms with Crippen LogP contribution in [0, 0.1) is 5.92 Å². The van der Waals surface area contributed by atoms with Crippen molar-refractivity contribution >= 4 is 24.1 Å². The maximum Gasteiger partial charge on any atom is 0.317 e. The van der Waals surface area contributed by atoms with Gasteiger partial charge < -0.3 is 82.9 Å². The monoisotopic (exact) mass is 859 g/mol. The largest absolute Gasteiger partial charge is 0.480 e. The molecular weight excluding hydrogens is 786 g/mol. The van der Waals surface area contributed by atoms with Crippen molar-refractivity contribution in [1.82, 2.24) is 10.2 Å². The molecule has 0 fully saturated rings. The number of aliphatic carboxylic acids is 2. The number of amides is 1. The van der Waals surface area contributed by atoms with Gasteiger partial charge in [-0.1, -0.05) is 6.42 Å². The van der Waals surface area contributed by atoms with E-state index in [-0.39, 0.29) is 38.1 Å². The molecular formula is C38H73N3O18. The van der Waals surface area contributed by atoms with Crippen LogP contribution in [0.5, 0.6) is 0 Å². The van der Waals surface area contributed by atoms with Gasteiger partial charge >= 0.3 is 11.9 Å². The first-order chi connectivity index (χ1) is 28.9. The molecule has 21 heteroatoms. The number of ether oxygens (including phenoxy) is 12. The smallest absolute Gasteiger partial charge is 0.317 e. The molecule has 1 amide bonds. The Morgan fingerprint density at radius 1 is 0.492 bits per heavy atom. The van der Waals surface area contributed by atoms with Crippen molar-refractivity contribution < 1.29 is 86.2 Å². The Labute approximate surface area is 348 Å². The number of carbonyl (C=O) groups excluding carboxylic acids is 2. The number of nitrogens with two attached hydrogens (primary N) is 1. The molecule has 5 N–H and O–H groups in total. The molecule has 0 radical (unpaired) electrons. The van der Waals surface area contributed by atoms with Crippen LogP contribution in [0.15, 0.2) is 0 Å². The van der Waals surface area contributed by atoms with Crippen molar-refractivity contribution in [2.45, 2.75) is 25.7 Å². The lowest BCUT2D eigenvalue weighted by Gasteiger charge is -2.17. The van der Waals surface area contributed by atoms with Crippen LogP contribution in [-0.2, 0) is 76.0 Å². The van der Waals surface area contributed by atoms with E-state index in [1.807, 2.05) is 0 Å². The van der Waals surface area contributed by atoms with Gasteiger partial charge in [0.2, 0.25) is 5.91 Å². The Morgan fingerprint density at radius 3 is 1.08 bits per heavy atom. The second kappa shape index (κ2) is 46.6. The lowest BCUT2D eigenvalue weighted by Crippen LogP contribution is -2.37. The molecule has 0 aliphatic carbocycles. The number of carboxylic acid groups (broad SMARTS) is 2. The van der Waals surface area contributed by atoms with E-state index in [4.69, 9.17) is 72.8 Å². The van der Waals surface area contributed by atoms with E-state index in [9.17, 15) is 19.2 Å². The summed E-state index contributed by atoms with van der Waals surface area (Å²) in [7, 11) is 0. The molecule has 0 saturated heterocycles. The molecule has 0 aromatic carbocycles. The zero-order valence-electron chi connectivity index (χ0n) is 34.9. The Hall–Kier alpha value is -2.48. The molecule has 21 nitrogen and oxygen atoms in total. The Bertz CT molecular complexity index is 942. The van der Waals surface area contributed by atoms with Gasteiger partial charge in [-0.3, -0.25) is 19.3 Å². The number of aldehydes is 1. The summed E-state index contributed by atoms with van der Waals surface area (Å²) in [6.07, 6.45) is 3.59. The highest BCUT2D eigenvalue weighted by Crippen LogP contribution is 2.04. The van der Waals surface area contributed by atoms with E-state index in [1.165, 1.54) is 4.90 Å². The van der Waals surface area contributed by atoms with Crippen LogP contribution in [0.3, 0.4) is 0 Å². The van der Waals surface area contributed by atoms with Crippen molar-refractivity contribution in [2.24, 2.45) is 11.7 Å². The zero-order chi connectivity index (χ0) is 43.1. The topological polar surface area (TPSA) is 261 Å². The molecule has 0 rings (SSSR count). The van der Waals surface area contributed by atoms with E-state index in [0.717, 1.165) is 25.5 Å². The van der Waals surface area contributed by atoms with Crippen molar-refractivity contribution in [3.8, 4) is 0 Å². The molecule has 0 aliphatic heterocycles. The van der Waals surface area contributed by atoms with Crippen molar-refractivity contribution in [3.05, 3.63) is 0 Å². The zero-order valence-corrected chi connectivity index (χ0v) is 34.9. The fourth-order valence-electron chi connectivity index (χ4n) is 4.57. The lowest BCUT2D eigenvalue weighted by atomic mass is 10.0. The van der Waals surface area contributed by atoms with Crippen LogP contribution in [-0.4, -0.2) is 231 Å². The summed E-state index contributed by atoms with van der Waals surface area (Å²) in [6.45, 7) is 10.5. The van der Waals surface area contributed by atoms with Crippen LogP contribution in [0.2, 0.25) is 0 Å². The summed E-state index contributed by atoms with van der Waals surface area (Å²) < 4.78 is 65.3. The predicted octanol–water partition coefficient (Wildman–Crippen LogP) is -0.893. The molecule has 0 unspecified atom stereocenters. The molecule has 1 atom stereocenters. The van der Waals surface area contributed by atoms with Gasteiger partial charge in [0.25, 0.3) is 0 Å². The molecule has 0 saturated carbocycles. The fraction of sp³-hybridized carbons (Fsp3) is 0.895.